The van der Waals surface area contributed by atoms with Crippen LogP contribution < -0.4 is 20.5 Å². The van der Waals surface area contributed by atoms with E-state index in [4.69, 9.17) is 14.2 Å². The maximum Gasteiger partial charge on any atom is 0.345 e. The van der Waals surface area contributed by atoms with E-state index in [0.717, 1.165) is 31.8 Å². The monoisotopic (exact) mass is 445 g/mol. The van der Waals surface area contributed by atoms with E-state index in [1.165, 1.54) is 4.68 Å². The van der Waals surface area contributed by atoms with Crippen LogP contribution in [-0.2, 0) is 22.6 Å². The number of nitrogens with one attached hydrogen (secondary N) is 1. The number of hydrogen-bond donors (Lipinski definition) is 1. The number of hydrogen-bond acceptors (Lipinski definition) is 7. The number of fused-ring (bicyclic) bond motifs is 1. The minimum Gasteiger partial charge on any atom is -0.486 e. The first kappa shape index (κ1) is 22.3. The first-order valence-electron chi connectivity index (χ1n) is 11.2. The quantitative estimate of drug-likeness (QED) is 0.654. The molecular weight excluding hydrogens is 414 g/mol. The summed E-state index contributed by atoms with van der Waals surface area (Å²) in [6.07, 6.45) is 1.72. The van der Waals surface area contributed by atoms with Crippen molar-refractivity contribution in [1.29, 1.82) is 0 Å². The third-order valence-electron chi connectivity index (χ3n) is 5.92. The fourth-order valence-electron chi connectivity index (χ4n) is 4.25. The maximum absolute atomic E-state index is 12.6. The van der Waals surface area contributed by atoms with Crippen LogP contribution in [0.25, 0.3) is 0 Å². The molecule has 2 aliphatic rings. The number of nitrogens with zero attached hydrogens (tertiary/aromatic N) is 4. The van der Waals surface area contributed by atoms with Gasteiger partial charge in [-0.2, -0.15) is 5.10 Å². The number of benzene rings is 1. The molecule has 1 aromatic carbocycles. The number of piperidine rings is 1. The summed E-state index contributed by atoms with van der Waals surface area (Å²) < 4.78 is 19.4. The SMILES string of the molecule is CCn1c(C2CCN(CC(=O)Nc3ccc4c(c3)OCCO4)CC2)nn(CCOC)c1=O. The second-order valence-electron chi connectivity index (χ2n) is 8.06. The van der Waals surface area contributed by atoms with Crippen LogP contribution in [0.2, 0.25) is 0 Å². The second kappa shape index (κ2) is 10.2. The number of rotatable bonds is 8. The number of methoxy groups -OCH3 is 1. The van der Waals surface area contributed by atoms with Crippen LogP contribution in [0.4, 0.5) is 5.69 Å². The number of ether oxygens (including phenoxy) is 3. The first-order chi connectivity index (χ1) is 15.6. The van der Waals surface area contributed by atoms with E-state index < -0.39 is 0 Å². The van der Waals surface area contributed by atoms with Gasteiger partial charge < -0.3 is 19.5 Å². The third kappa shape index (κ3) is 4.97. The van der Waals surface area contributed by atoms with Crippen molar-refractivity contribution in [3.63, 3.8) is 0 Å². The molecule has 32 heavy (non-hydrogen) atoms. The number of carbonyl (C=O) groups excluding carboxylic acids is 1. The average Bonchev–Trinajstić information content (AvgIpc) is 3.13. The molecule has 1 N–H and O–H groups in total. The molecule has 0 spiro atoms. The standard InChI is InChI=1S/C22H31N5O5/c1-3-26-21(24-27(22(26)29)10-11-30-2)16-6-8-25(9-7-16)15-20(28)23-17-4-5-18-19(14-17)32-13-12-31-18/h4-5,14,16H,3,6-13,15H2,1-2H3,(H,23,28). The Hall–Kier alpha value is -2.85. The predicted molar refractivity (Wildman–Crippen MR) is 119 cm³/mol. The van der Waals surface area contributed by atoms with Crippen molar-refractivity contribution in [2.45, 2.75) is 38.8 Å². The Balaban J connectivity index is 1.31. The van der Waals surface area contributed by atoms with E-state index in [1.54, 1.807) is 17.7 Å². The van der Waals surface area contributed by atoms with Crippen molar-refractivity contribution in [3.05, 3.63) is 34.5 Å². The molecule has 10 nitrogen and oxygen atoms in total. The van der Waals surface area contributed by atoms with Crippen LogP contribution in [0.15, 0.2) is 23.0 Å². The fraction of sp³-hybridized carbons (Fsp3) is 0.591. The van der Waals surface area contributed by atoms with Gasteiger partial charge >= 0.3 is 5.69 Å². The Kier molecular flexibility index (Phi) is 7.11. The predicted octanol–water partition coefficient (Wildman–Crippen LogP) is 1.30. The van der Waals surface area contributed by atoms with Gasteiger partial charge in [0, 0.05) is 31.3 Å². The average molecular weight is 446 g/mol. The second-order valence-corrected chi connectivity index (χ2v) is 8.06. The molecule has 174 valence electrons. The highest BCUT2D eigenvalue weighted by Crippen LogP contribution is 2.32. The van der Waals surface area contributed by atoms with Gasteiger partial charge in [0.1, 0.15) is 19.0 Å². The van der Waals surface area contributed by atoms with Crippen LogP contribution >= 0.6 is 0 Å². The van der Waals surface area contributed by atoms with E-state index in [2.05, 4.69) is 15.3 Å². The molecule has 1 fully saturated rings. The molecule has 4 rings (SSSR count). The topological polar surface area (TPSA) is 99.9 Å². The molecule has 1 aromatic heterocycles. The highest BCUT2D eigenvalue weighted by Gasteiger charge is 2.27. The smallest absolute Gasteiger partial charge is 0.345 e. The number of likely N-dealkylation sites (tertiary alicyclic amines) is 1. The van der Waals surface area contributed by atoms with Crippen molar-refractivity contribution in [2.24, 2.45) is 0 Å². The summed E-state index contributed by atoms with van der Waals surface area (Å²) in [6.45, 7) is 6.40. The summed E-state index contributed by atoms with van der Waals surface area (Å²) in [5, 5.41) is 7.53. The van der Waals surface area contributed by atoms with Gasteiger partial charge in [-0.25, -0.2) is 9.48 Å². The third-order valence-corrected chi connectivity index (χ3v) is 5.92. The van der Waals surface area contributed by atoms with Crippen molar-refractivity contribution in [3.8, 4) is 11.5 Å². The molecule has 2 aliphatic heterocycles. The van der Waals surface area contributed by atoms with Gasteiger partial charge in [-0.15, -0.1) is 0 Å². The van der Waals surface area contributed by atoms with Crippen molar-refractivity contribution >= 4 is 11.6 Å². The lowest BCUT2D eigenvalue weighted by Crippen LogP contribution is -2.39. The van der Waals surface area contributed by atoms with Crippen LogP contribution in [0.5, 0.6) is 11.5 Å². The van der Waals surface area contributed by atoms with Crippen molar-refractivity contribution in [2.75, 3.05) is 51.9 Å². The lowest BCUT2D eigenvalue weighted by Gasteiger charge is -2.31. The van der Waals surface area contributed by atoms with Gasteiger partial charge in [-0.1, -0.05) is 0 Å². The molecule has 0 atom stereocenters. The zero-order valence-corrected chi connectivity index (χ0v) is 18.7. The molecule has 3 heterocycles. The van der Waals surface area contributed by atoms with E-state index in [9.17, 15) is 9.59 Å². The molecule has 1 amide bonds. The Labute approximate surface area is 187 Å². The fourth-order valence-corrected chi connectivity index (χ4v) is 4.25. The number of carbonyl (C=O) groups is 1. The zero-order chi connectivity index (χ0) is 22.5. The van der Waals surface area contributed by atoms with E-state index in [-0.39, 0.29) is 17.5 Å². The van der Waals surface area contributed by atoms with E-state index in [0.29, 0.717) is 56.6 Å². The van der Waals surface area contributed by atoms with Gasteiger partial charge in [-0.05, 0) is 45.0 Å². The van der Waals surface area contributed by atoms with Crippen molar-refractivity contribution < 1.29 is 19.0 Å². The Bertz CT molecular complexity index is 993. The molecule has 0 bridgehead atoms. The van der Waals surface area contributed by atoms with Gasteiger partial charge in [-0.3, -0.25) is 14.3 Å². The Morgan fingerprint density at radius 2 is 1.97 bits per heavy atom. The van der Waals surface area contributed by atoms with E-state index in [1.807, 2.05) is 19.1 Å². The Morgan fingerprint density at radius 1 is 1.22 bits per heavy atom. The molecule has 10 heteroatoms. The molecule has 0 unspecified atom stereocenters. The molecule has 0 saturated carbocycles. The molecule has 2 aromatic rings. The van der Waals surface area contributed by atoms with Crippen LogP contribution in [0, 0.1) is 0 Å². The van der Waals surface area contributed by atoms with Crippen molar-refractivity contribution in [1.82, 2.24) is 19.2 Å². The number of aromatic nitrogens is 3. The minimum atomic E-state index is -0.0826. The lowest BCUT2D eigenvalue weighted by molar-refractivity contribution is -0.117. The maximum atomic E-state index is 12.6. The minimum absolute atomic E-state index is 0.0607. The first-order valence-corrected chi connectivity index (χ1v) is 11.2. The molecule has 1 saturated heterocycles. The summed E-state index contributed by atoms with van der Waals surface area (Å²) in [5.41, 5.74) is 0.614. The highest BCUT2D eigenvalue weighted by atomic mass is 16.6. The number of amides is 1. The summed E-state index contributed by atoms with van der Waals surface area (Å²) >= 11 is 0. The normalized spacial score (nSPS) is 16.8. The largest absolute Gasteiger partial charge is 0.486 e. The van der Waals surface area contributed by atoms with Gasteiger partial charge in [0.2, 0.25) is 5.91 Å². The van der Waals surface area contributed by atoms with Crippen LogP contribution in [0.1, 0.15) is 31.5 Å². The van der Waals surface area contributed by atoms with Crippen LogP contribution in [-0.4, -0.2) is 71.7 Å². The Morgan fingerprint density at radius 3 is 2.69 bits per heavy atom. The van der Waals surface area contributed by atoms with E-state index >= 15 is 0 Å². The lowest BCUT2D eigenvalue weighted by atomic mass is 9.96. The summed E-state index contributed by atoms with van der Waals surface area (Å²) in [6, 6.07) is 5.43. The molecule has 0 aliphatic carbocycles. The zero-order valence-electron chi connectivity index (χ0n) is 18.7. The number of anilines is 1. The summed E-state index contributed by atoms with van der Waals surface area (Å²) in [5.74, 6) is 2.35. The van der Waals surface area contributed by atoms with Gasteiger partial charge in [0.25, 0.3) is 0 Å². The molecular formula is C22H31N5O5. The van der Waals surface area contributed by atoms with Crippen LogP contribution in [0.3, 0.4) is 0 Å². The highest BCUT2D eigenvalue weighted by molar-refractivity contribution is 5.92. The van der Waals surface area contributed by atoms with Gasteiger partial charge in [0.05, 0.1) is 19.7 Å². The summed E-state index contributed by atoms with van der Waals surface area (Å²) in [7, 11) is 1.61. The summed E-state index contributed by atoms with van der Waals surface area (Å²) in [4.78, 5) is 27.3. The molecule has 0 radical (unpaired) electrons. The van der Waals surface area contributed by atoms with Gasteiger partial charge in [0.15, 0.2) is 11.5 Å².